The molecular formula is C20H29NO4. The molecule has 3 atom stereocenters. The van der Waals surface area contributed by atoms with Gasteiger partial charge in [0, 0.05) is 19.6 Å². The standard InChI is InChI=1S/C20H29NO4/c1-14-7-8-15(11-19(14)24-3)12-20(22)21-9-10-25-13-17(21)16-5-4-6-18(16)23-2/h7-8,11,16-18H,4-6,9-10,12-13H2,1-3H3/t16-,17-,18+/m1/s1. The lowest BCUT2D eigenvalue weighted by atomic mass is 9.93. The van der Waals surface area contributed by atoms with E-state index in [1.807, 2.05) is 30.0 Å². The molecule has 2 fully saturated rings. The van der Waals surface area contributed by atoms with Crippen molar-refractivity contribution in [2.45, 2.75) is 44.8 Å². The summed E-state index contributed by atoms with van der Waals surface area (Å²) in [5.74, 6) is 1.38. The van der Waals surface area contributed by atoms with Gasteiger partial charge >= 0.3 is 0 Å². The van der Waals surface area contributed by atoms with E-state index in [4.69, 9.17) is 14.2 Å². The molecule has 0 aromatic heterocycles. The van der Waals surface area contributed by atoms with Crippen molar-refractivity contribution < 1.29 is 19.0 Å². The fourth-order valence-electron chi connectivity index (χ4n) is 4.23. The van der Waals surface area contributed by atoms with Crippen molar-refractivity contribution >= 4 is 5.91 Å². The van der Waals surface area contributed by atoms with Crippen molar-refractivity contribution in [1.29, 1.82) is 0 Å². The number of amides is 1. The van der Waals surface area contributed by atoms with Crippen LogP contribution in [0.4, 0.5) is 0 Å². The molecule has 25 heavy (non-hydrogen) atoms. The van der Waals surface area contributed by atoms with E-state index in [9.17, 15) is 4.79 Å². The third-order valence-electron chi connectivity index (χ3n) is 5.61. The van der Waals surface area contributed by atoms with E-state index < -0.39 is 0 Å². The predicted molar refractivity (Wildman–Crippen MR) is 95.9 cm³/mol. The maximum Gasteiger partial charge on any atom is 0.227 e. The second-order valence-corrected chi connectivity index (χ2v) is 7.08. The molecule has 1 aliphatic carbocycles. The van der Waals surface area contributed by atoms with E-state index in [1.54, 1.807) is 14.2 Å². The maximum absolute atomic E-state index is 13.0. The minimum atomic E-state index is 0.126. The summed E-state index contributed by atoms with van der Waals surface area (Å²) in [6, 6.07) is 6.12. The number of nitrogens with zero attached hydrogens (tertiary/aromatic N) is 1. The molecule has 1 heterocycles. The zero-order valence-electron chi connectivity index (χ0n) is 15.5. The minimum Gasteiger partial charge on any atom is -0.496 e. The van der Waals surface area contributed by atoms with Gasteiger partial charge in [0.2, 0.25) is 5.91 Å². The zero-order chi connectivity index (χ0) is 17.8. The summed E-state index contributed by atoms with van der Waals surface area (Å²) in [7, 11) is 3.44. The third-order valence-corrected chi connectivity index (χ3v) is 5.61. The van der Waals surface area contributed by atoms with Gasteiger partial charge in [-0.2, -0.15) is 0 Å². The fraction of sp³-hybridized carbons (Fsp3) is 0.650. The number of hydrogen-bond acceptors (Lipinski definition) is 4. The molecule has 3 rings (SSSR count). The van der Waals surface area contributed by atoms with E-state index in [0.29, 0.717) is 32.1 Å². The molecule has 0 unspecified atom stereocenters. The second-order valence-electron chi connectivity index (χ2n) is 7.08. The highest BCUT2D eigenvalue weighted by Crippen LogP contribution is 2.34. The van der Waals surface area contributed by atoms with Crippen LogP contribution in [0.1, 0.15) is 30.4 Å². The molecule has 0 N–H and O–H groups in total. The van der Waals surface area contributed by atoms with Crippen molar-refractivity contribution in [1.82, 2.24) is 4.90 Å². The smallest absolute Gasteiger partial charge is 0.227 e. The summed E-state index contributed by atoms with van der Waals surface area (Å²) >= 11 is 0. The van der Waals surface area contributed by atoms with E-state index in [1.165, 1.54) is 0 Å². The van der Waals surface area contributed by atoms with Crippen LogP contribution in [-0.2, 0) is 20.7 Å². The number of carbonyl (C=O) groups excluding carboxylic acids is 1. The van der Waals surface area contributed by atoms with Crippen LogP contribution in [0.15, 0.2) is 18.2 Å². The molecule has 1 aromatic carbocycles. The van der Waals surface area contributed by atoms with Gasteiger partial charge in [-0.05, 0) is 37.0 Å². The van der Waals surface area contributed by atoms with Gasteiger partial charge in [0.1, 0.15) is 5.75 Å². The zero-order valence-corrected chi connectivity index (χ0v) is 15.5. The van der Waals surface area contributed by atoms with E-state index >= 15 is 0 Å². The number of morpholine rings is 1. The summed E-state index contributed by atoms with van der Waals surface area (Å²) in [6.07, 6.45) is 3.99. The van der Waals surface area contributed by atoms with Crippen molar-refractivity contribution in [3.63, 3.8) is 0 Å². The summed E-state index contributed by atoms with van der Waals surface area (Å²) in [6.45, 7) is 3.91. The van der Waals surface area contributed by atoms with Crippen molar-refractivity contribution in [2.24, 2.45) is 5.92 Å². The van der Waals surface area contributed by atoms with Crippen LogP contribution in [-0.4, -0.2) is 56.9 Å². The van der Waals surface area contributed by atoms with Crippen LogP contribution in [0.3, 0.4) is 0 Å². The largest absolute Gasteiger partial charge is 0.496 e. The van der Waals surface area contributed by atoms with Gasteiger partial charge in [-0.3, -0.25) is 4.79 Å². The first-order valence-corrected chi connectivity index (χ1v) is 9.17. The Morgan fingerprint density at radius 2 is 2.16 bits per heavy atom. The molecule has 0 spiro atoms. The first-order valence-electron chi connectivity index (χ1n) is 9.17. The van der Waals surface area contributed by atoms with Crippen molar-refractivity contribution in [3.05, 3.63) is 29.3 Å². The number of ether oxygens (including phenoxy) is 3. The Kier molecular flexibility index (Phi) is 5.97. The molecule has 5 nitrogen and oxygen atoms in total. The average molecular weight is 347 g/mol. The van der Waals surface area contributed by atoms with Crippen LogP contribution >= 0.6 is 0 Å². The highest BCUT2D eigenvalue weighted by atomic mass is 16.5. The quantitative estimate of drug-likeness (QED) is 0.821. The van der Waals surface area contributed by atoms with Crippen LogP contribution in [0, 0.1) is 12.8 Å². The van der Waals surface area contributed by atoms with Gasteiger partial charge in [-0.25, -0.2) is 0 Å². The normalized spacial score (nSPS) is 26.7. The highest BCUT2D eigenvalue weighted by molar-refractivity contribution is 5.79. The predicted octanol–water partition coefficient (Wildman–Crippen LogP) is 2.59. The molecule has 0 bridgehead atoms. The third kappa shape index (κ3) is 3.98. The Morgan fingerprint density at radius 1 is 1.32 bits per heavy atom. The van der Waals surface area contributed by atoms with Gasteiger partial charge in [0.05, 0.1) is 38.9 Å². The Morgan fingerprint density at radius 3 is 2.92 bits per heavy atom. The molecule has 1 aliphatic heterocycles. The number of rotatable bonds is 5. The van der Waals surface area contributed by atoms with Gasteiger partial charge in [0.15, 0.2) is 0 Å². The Hall–Kier alpha value is -1.59. The molecular weight excluding hydrogens is 318 g/mol. The van der Waals surface area contributed by atoms with Crippen LogP contribution < -0.4 is 4.74 Å². The van der Waals surface area contributed by atoms with Crippen molar-refractivity contribution in [3.8, 4) is 5.75 Å². The molecule has 1 amide bonds. The Labute approximate surface area is 150 Å². The van der Waals surface area contributed by atoms with Crippen LogP contribution in [0.25, 0.3) is 0 Å². The number of benzene rings is 1. The molecule has 0 radical (unpaired) electrons. The first-order chi connectivity index (χ1) is 12.1. The lowest BCUT2D eigenvalue weighted by molar-refractivity contribution is -0.143. The Balaban J connectivity index is 1.72. The lowest BCUT2D eigenvalue weighted by Gasteiger charge is -2.40. The summed E-state index contributed by atoms with van der Waals surface area (Å²) < 4.78 is 16.7. The number of aryl methyl sites for hydroxylation is 1. The molecule has 2 aliphatic rings. The van der Waals surface area contributed by atoms with Crippen molar-refractivity contribution in [2.75, 3.05) is 34.0 Å². The topological polar surface area (TPSA) is 48.0 Å². The average Bonchev–Trinajstić information content (AvgIpc) is 3.11. The molecule has 1 saturated heterocycles. The highest BCUT2D eigenvalue weighted by Gasteiger charge is 2.40. The van der Waals surface area contributed by atoms with Gasteiger partial charge < -0.3 is 19.1 Å². The lowest BCUT2D eigenvalue weighted by Crippen LogP contribution is -2.54. The second kappa shape index (κ2) is 8.19. The fourth-order valence-corrected chi connectivity index (χ4v) is 4.23. The monoisotopic (exact) mass is 347 g/mol. The number of carbonyl (C=O) groups is 1. The maximum atomic E-state index is 13.0. The molecule has 5 heteroatoms. The van der Waals surface area contributed by atoms with E-state index in [-0.39, 0.29) is 18.1 Å². The number of hydrogen-bond donors (Lipinski definition) is 0. The van der Waals surface area contributed by atoms with Gasteiger partial charge in [-0.15, -0.1) is 0 Å². The Bertz CT molecular complexity index is 603. The molecule has 138 valence electrons. The first kappa shape index (κ1) is 18.2. The summed E-state index contributed by atoms with van der Waals surface area (Å²) in [5.41, 5.74) is 2.07. The van der Waals surface area contributed by atoms with Crippen LogP contribution in [0.2, 0.25) is 0 Å². The van der Waals surface area contributed by atoms with E-state index in [2.05, 4.69) is 0 Å². The van der Waals surface area contributed by atoms with E-state index in [0.717, 1.165) is 36.1 Å². The molecule has 1 aromatic rings. The summed E-state index contributed by atoms with van der Waals surface area (Å²) in [5, 5.41) is 0. The SMILES string of the molecule is COc1cc(CC(=O)N2CCOC[C@@H]2[C@H]2CCC[C@@H]2OC)ccc1C. The van der Waals surface area contributed by atoms with Gasteiger partial charge in [-0.1, -0.05) is 18.6 Å². The summed E-state index contributed by atoms with van der Waals surface area (Å²) in [4.78, 5) is 15.0. The van der Waals surface area contributed by atoms with Gasteiger partial charge in [0.25, 0.3) is 0 Å². The number of methoxy groups -OCH3 is 2. The molecule has 1 saturated carbocycles. The minimum absolute atomic E-state index is 0.126. The van der Waals surface area contributed by atoms with Crippen LogP contribution in [0.5, 0.6) is 5.75 Å².